The first-order chi connectivity index (χ1) is 12.2. The summed E-state index contributed by atoms with van der Waals surface area (Å²) in [6.45, 7) is 0.570. The van der Waals surface area contributed by atoms with E-state index in [1.54, 1.807) is 31.2 Å². The number of ether oxygens (including phenoxy) is 2. The van der Waals surface area contributed by atoms with Crippen molar-refractivity contribution < 1.29 is 23.5 Å². The van der Waals surface area contributed by atoms with Gasteiger partial charge in [0, 0.05) is 12.2 Å². The van der Waals surface area contributed by atoms with E-state index in [-0.39, 0.29) is 24.2 Å². The molecule has 2 amide bonds. The van der Waals surface area contributed by atoms with Gasteiger partial charge in [-0.3, -0.25) is 4.79 Å². The average Bonchev–Trinajstić information content (AvgIpc) is 3.30. The third-order valence-corrected chi connectivity index (χ3v) is 5.19. The van der Waals surface area contributed by atoms with Crippen LogP contribution >= 0.6 is 11.8 Å². The van der Waals surface area contributed by atoms with Gasteiger partial charge in [-0.1, -0.05) is 12.1 Å². The highest BCUT2D eigenvalue weighted by Gasteiger charge is 2.31. The van der Waals surface area contributed by atoms with Crippen molar-refractivity contribution in [3.63, 3.8) is 0 Å². The molecule has 132 valence electrons. The third-order valence-electron chi connectivity index (χ3n) is 3.89. The van der Waals surface area contributed by atoms with Crippen LogP contribution in [0.2, 0.25) is 0 Å². The van der Waals surface area contributed by atoms with Gasteiger partial charge in [0.15, 0.2) is 0 Å². The molecule has 1 saturated heterocycles. The van der Waals surface area contributed by atoms with Crippen molar-refractivity contribution in [3.05, 3.63) is 54.0 Å². The van der Waals surface area contributed by atoms with Crippen LogP contribution in [0.25, 0.3) is 0 Å². The molecule has 0 spiro atoms. The summed E-state index contributed by atoms with van der Waals surface area (Å²) < 4.78 is 15.5. The number of methoxy groups -OCH3 is 1. The Bertz CT molecular complexity index is 714. The summed E-state index contributed by atoms with van der Waals surface area (Å²) in [5.41, 5.74) is 1.12. The Morgan fingerprint density at radius 1 is 1.32 bits per heavy atom. The van der Waals surface area contributed by atoms with Crippen molar-refractivity contribution in [2.75, 3.05) is 20.3 Å². The van der Waals surface area contributed by atoms with Gasteiger partial charge in [-0.05, 0) is 29.8 Å². The normalized spacial score (nSPS) is 15.1. The molecule has 0 radical (unpaired) electrons. The van der Waals surface area contributed by atoms with Gasteiger partial charge in [-0.25, -0.2) is 9.69 Å². The van der Waals surface area contributed by atoms with E-state index >= 15 is 0 Å². The highest BCUT2D eigenvalue weighted by Crippen LogP contribution is 2.35. The summed E-state index contributed by atoms with van der Waals surface area (Å²) in [7, 11) is 1.63. The Labute approximate surface area is 150 Å². The predicted octanol–water partition coefficient (Wildman–Crippen LogP) is 3.63. The molecule has 7 heteroatoms. The lowest BCUT2D eigenvalue weighted by Gasteiger charge is -2.17. The molecule has 25 heavy (non-hydrogen) atoms. The summed E-state index contributed by atoms with van der Waals surface area (Å²) in [6, 6.07) is 11.4. The first kappa shape index (κ1) is 17.4. The van der Waals surface area contributed by atoms with Crippen molar-refractivity contribution in [1.29, 1.82) is 0 Å². The maximum Gasteiger partial charge on any atom is 0.416 e. The summed E-state index contributed by atoms with van der Waals surface area (Å²) >= 11 is 1.60. The molecule has 0 N–H and O–H groups in total. The molecule has 0 aliphatic carbocycles. The smallest absolute Gasteiger partial charge is 0.416 e. The molecule has 2 heterocycles. The maximum atomic E-state index is 12.4. The number of benzene rings is 1. The van der Waals surface area contributed by atoms with Crippen LogP contribution in [0.15, 0.2) is 47.1 Å². The quantitative estimate of drug-likeness (QED) is 0.750. The first-order valence-corrected chi connectivity index (χ1v) is 8.97. The fourth-order valence-corrected chi connectivity index (χ4v) is 3.67. The third kappa shape index (κ3) is 4.36. The predicted molar refractivity (Wildman–Crippen MR) is 93.4 cm³/mol. The van der Waals surface area contributed by atoms with Crippen LogP contribution in [-0.2, 0) is 15.3 Å². The Morgan fingerprint density at radius 2 is 2.12 bits per heavy atom. The van der Waals surface area contributed by atoms with E-state index < -0.39 is 6.09 Å². The van der Waals surface area contributed by atoms with Crippen molar-refractivity contribution >= 4 is 23.8 Å². The van der Waals surface area contributed by atoms with Gasteiger partial charge in [-0.2, -0.15) is 0 Å². The van der Waals surface area contributed by atoms with Crippen molar-refractivity contribution in [2.24, 2.45) is 0 Å². The van der Waals surface area contributed by atoms with Gasteiger partial charge in [0.1, 0.15) is 18.1 Å². The average molecular weight is 361 g/mol. The Kier molecular flexibility index (Phi) is 5.65. The number of rotatable bonds is 7. The largest absolute Gasteiger partial charge is 0.497 e. The van der Waals surface area contributed by atoms with E-state index in [2.05, 4.69) is 0 Å². The molecule has 1 aromatic heterocycles. The maximum absolute atomic E-state index is 12.4. The van der Waals surface area contributed by atoms with Crippen LogP contribution in [0.4, 0.5) is 4.79 Å². The van der Waals surface area contributed by atoms with Crippen LogP contribution < -0.4 is 4.74 Å². The monoisotopic (exact) mass is 361 g/mol. The molecule has 0 bridgehead atoms. The highest BCUT2D eigenvalue weighted by atomic mass is 32.2. The first-order valence-electron chi connectivity index (χ1n) is 7.92. The minimum atomic E-state index is -0.566. The number of hydrogen-bond donors (Lipinski definition) is 0. The zero-order valence-corrected chi connectivity index (χ0v) is 14.7. The number of nitrogens with zero attached hydrogens (tertiary/aromatic N) is 1. The van der Waals surface area contributed by atoms with E-state index in [9.17, 15) is 9.59 Å². The number of carbonyl (C=O) groups is 2. The number of carbonyl (C=O) groups excluding carboxylic acids is 2. The molecular weight excluding hydrogens is 342 g/mol. The number of hydrogen-bond acceptors (Lipinski definition) is 6. The molecule has 0 unspecified atom stereocenters. The highest BCUT2D eigenvalue weighted by molar-refractivity contribution is 7.98. The lowest BCUT2D eigenvalue weighted by molar-refractivity contribution is -0.127. The zero-order chi connectivity index (χ0) is 17.6. The minimum absolute atomic E-state index is 0.169. The van der Waals surface area contributed by atoms with Crippen LogP contribution in [0.3, 0.4) is 0 Å². The van der Waals surface area contributed by atoms with Crippen molar-refractivity contribution in [3.8, 4) is 5.75 Å². The van der Waals surface area contributed by atoms with Gasteiger partial charge < -0.3 is 13.9 Å². The Balaban J connectivity index is 1.65. The number of imide groups is 1. The minimum Gasteiger partial charge on any atom is -0.497 e. The molecule has 1 aliphatic rings. The van der Waals surface area contributed by atoms with E-state index in [1.165, 1.54) is 0 Å². The lowest BCUT2D eigenvalue weighted by atomic mass is 10.2. The van der Waals surface area contributed by atoms with E-state index in [4.69, 9.17) is 13.9 Å². The van der Waals surface area contributed by atoms with Gasteiger partial charge in [0.05, 0.1) is 25.2 Å². The number of amides is 2. The van der Waals surface area contributed by atoms with Gasteiger partial charge in [-0.15, -0.1) is 11.8 Å². The standard InChI is InChI=1S/C18H19NO5S/c1-22-14-6-4-13(5-7-14)12-25-16(15-3-2-9-23-15)11-17(20)19-8-10-24-18(19)21/h2-7,9,16H,8,10-12H2,1H3/t16-/m1/s1. The Hall–Kier alpha value is -2.41. The summed E-state index contributed by atoms with van der Waals surface area (Å²) in [5.74, 6) is 2.00. The summed E-state index contributed by atoms with van der Waals surface area (Å²) in [5, 5.41) is -0.169. The van der Waals surface area contributed by atoms with E-state index in [0.29, 0.717) is 12.3 Å². The molecule has 0 saturated carbocycles. The second-order valence-electron chi connectivity index (χ2n) is 5.53. The SMILES string of the molecule is COc1ccc(CS[C@H](CC(=O)N2CCOC2=O)c2ccco2)cc1. The van der Waals surface area contributed by atoms with Gasteiger partial charge >= 0.3 is 6.09 Å². The second kappa shape index (κ2) is 8.11. The number of cyclic esters (lactones) is 1. The summed E-state index contributed by atoms with van der Waals surface area (Å²) in [4.78, 5) is 25.1. The number of thioether (sulfide) groups is 1. The molecule has 2 aromatic rings. The molecule has 1 atom stereocenters. The van der Waals surface area contributed by atoms with Crippen LogP contribution in [0, 0.1) is 0 Å². The zero-order valence-electron chi connectivity index (χ0n) is 13.8. The topological polar surface area (TPSA) is 69.0 Å². The fraction of sp³-hybridized carbons (Fsp3) is 0.333. The number of furan rings is 1. The molecule has 1 fully saturated rings. The molecular formula is C18H19NO5S. The van der Waals surface area contributed by atoms with Crippen LogP contribution in [-0.4, -0.2) is 37.2 Å². The molecule has 1 aromatic carbocycles. The molecule has 1 aliphatic heterocycles. The summed E-state index contributed by atoms with van der Waals surface area (Å²) in [6.07, 6.45) is 1.21. The fourth-order valence-electron chi connectivity index (χ4n) is 2.52. The van der Waals surface area contributed by atoms with E-state index in [1.807, 2.05) is 30.3 Å². The lowest BCUT2D eigenvalue weighted by Crippen LogP contribution is -2.32. The van der Waals surface area contributed by atoms with Gasteiger partial charge in [0.2, 0.25) is 5.91 Å². The van der Waals surface area contributed by atoms with Crippen molar-refractivity contribution in [1.82, 2.24) is 4.90 Å². The van der Waals surface area contributed by atoms with Crippen molar-refractivity contribution in [2.45, 2.75) is 17.4 Å². The second-order valence-corrected chi connectivity index (χ2v) is 6.72. The molecule has 6 nitrogen and oxygen atoms in total. The van der Waals surface area contributed by atoms with Crippen LogP contribution in [0.5, 0.6) is 5.75 Å². The molecule has 3 rings (SSSR count). The van der Waals surface area contributed by atoms with Crippen LogP contribution in [0.1, 0.15) is 23.0 Å². The van der Waals surface area contributed by atoms with Gasteiger partial charge in [0.25, 0.3) is 0 Å². The van der Waals surface area contributed by atoms with E-state index in [0.717, 1.165) is 22.0 Å². The Morgan fingerprint density at radius 3 is 2.72 bits per heavy atom.